The fourth-order valence-electron chi connectivity index (χ4n) is 0.657. The van der Waals surface area contributed by atoms with Gasteiger partial charge in [0.1, 0.15) is 0 Å². The molecule has 0 aromatic carbocycles. The molecule has 0 aliphatic heterocycles. The molecule has 0 heterocycles. The lowest BCUT2D eigenvalue weighted by molar-refractivity contribution is 0.527. The van der Waals surface area contributed by atoms with Gasteiger partial charge in [-0.25, -0.2) is 0 Å². The molecular weight excluding hydrogens is 164 g/mol. The standard InChI is InChI=1S/C7H14Br/c1-5(2)7(8)6(3)4/h5-7H,1H2,2-4H3. The van der Waals surface area contributed by atoms with Crippen molar-refractivity contribution in [3.8, 4) is 0 Å². The Morgan fingerprint density at radius 1 is 1.25 bits per heavy atom. The smallest absolute Gasteiger partial charge is 0.0194 e. The van der Waals surface area contributed by atoms with Crippen LogP contribution in [-0.4, -0.2) is 4.83 Å². The van der Waals surface area contributed by atoms with Gasteiger partial charge in [0.25, 0.3) is 0 Å². The van der Waals surface area contributed by atoms with Crippen molar-refractivity contribution in [1.29, 1.82) is 0 Å². The summed E-state index contributed by atoms with van der Waals surface area (Å²) < 4.78 is 0. The highest BCUT2D eigenvalue weighted by Gasteiger charge is 2.11. The Morgan fingerprint density at radius 2 is 1.62 bits per heavy atom. The maximum absolute atomic E-state index is 3.91. The van der Waals surface area contributed by atoms with E-state index < -0.39 is 0 Å². The first-order chi connectivity index (χ1) is 3.55. The maximum atomic E-state index is 3.91. The average molecular weight is 178 g/mol. The fraction of sp³-hybridized carbons (Fsp3) is 0.857. The zero-order chi connectivity index (χ0) is 6.73. The number of halogens is 1. The van der Waals surface area contributed by atoms with Crippen LogP contribution in [0.5, 0.6) is 0 Å². The maximum Gasteiger partial charge on any atom is 0.0194 e. The first-order valence-corrected chi connectivity index (χ1v) is 3.94. The molecule has 0 bridgehead atoms. The molecule has 8 heavy (non-hydrogen) atoms. The van der Waals surface area contributed by atoms with Crippen molar-refractivity contribution in [2.45, 2.75) is 25.6 Å². The van der Waals surface area contributed by atoms with Crippen LogP contribution in [0, 0.1) is 18.8 Å². The van der Waals surface area contributed by atoms with E-state index in [1.54, 1.807) is 0 Å². The van der Waals surface area contributed by atoms with Crippen LogP contribution >= 0.6 is 15.9 Å². The van der Waals surface area contributed by atoms with Gasteiger partial charge in [-0.05, 0) is 18.8 Å². The van der Waals surface area contributed by atoms with Gasteiger partial charge < -0.3 is 0 Å². The summed E-state index contributed by atoms with van der Waals surface area (Å²) in [7, 11) is 0. The van der Waals surface area contributed by atoms with Crippen LogP contribution in [0.25, 0.3) is 0 Å². The lowest BCUT2D eigenvalue weighted by atomic mass is 10.0. The molecule has 49 valence electrons. The predicted octanol–water partition coefficient (Wildman–Crippen LogP) is 2.88. The summed E-state index contributed by atoms with van der Waals surface area (Å²) in [5.74, 6) is 1.21. The van der Waals surface area contributed by atoms with Crippen LogP contribution in [0.1, 0.15) is 20.8 Å². The van der Waals surface area contributed by atoms with Crippen LogP contribution in [0.15, 0.2) is 0 Å². The molecule has 2 atom stereocenters. The normalized spacial score (nSPS) is 12.0. The molecule has 0 aromatic heterocycles. The molecule has 0 aliphatic rings. The number of hydrogen-bond donors (Lipinski definition) is 0. The summed E-state index contributed by atoms with van der Waals surface area (Å²) in [4.78, 5) is 0.572. The van der Waals surface area contributed by atoms with E-state index in [2.05, 4.69) is 43.6 Å². The molecule has 0 fully saturated rings. The van der Waals surface area contributed by atoms with Crippen LogP contribution in [0.3, 0.4) is 0 Å². The Morgan fingerprint density at radius 3 is 1.62 bits per heavy atom. The summed E-state index contributed by atoms with van der Waals surface area (Å²) in [5, 5.41) is 0. The van der Waals surface area contributed by atoms with Gasteiger partial charge in [-0.2, -0.15) is 0 Å². The van der Waals surface area contributed by atoms with Crippen molar-refractivity contribution in [1.82, 2.24) is 0 Å². The van der Waals surface area contributed by atoms with Gasteiger partial charge in [0.05, 0.1) is 0 Å². The Bertz CT molecular complexity index is 49.4. The predicted molar refractivity (Wildman–Crippen MR) is 42.1 cm³/mol. The molecule has 0 N–H and O–H groups in total. The largest absolute Gasteiger partial charge is 0.0885 e. The summed E-state index contributed by atoms with van der Waals surface area (Å²) in [6.07, 6.45) is 0. The molecule has 0 aromatic rings. The monoisotopic (exact) mass is 177 g/mol. The Labute approximate surface area is 60.8 Å². The minimum atomic E-state index is 0.509. The summed E-state index contributed by atoms with van der Waals surface area (Å²) >= 11 is 3.54. The fourth-order valence-corrected chi connectivity index (χ4v) is 0.657. The van der Waals surface area contributed by atoms with Crippen molar-refractivity contribution in [3.05, 3.63) is 6.92 Å². The van der Waals surface area contributed by atoms with Gasteiger partial charge in [0.15, 0.2) is 0 Å². The first kappa shape index (κ1) is 8.48. The molecule has 2 unspecified atom stereocenters. The molecule has 0 saturated carbocycles. The lowest BCUT2D eigenvalue weighted by Gasteiger charge is -2.16. The van der Waals surface area contributed by atoms with E-state index in [1.165, 1.54) is 0 Å². The van der Waals surface area contributed by atoms with Gasteiger partial charge in [0.2, 0.25) is 0 Å². The quantitative estimate of drug-likeness (QED) is 0.570. The summed E-state index contributed by atoms with van der Waals surface area (Å²) in [6, 6.07) is 0. The molecule has 0 rings (SSSR count). The Hall–Kier alpha value is 0.480. The van der Waals surface area contributed by atoms with Crippen molar-refractivity contribution in [2.24, 2.45) is 11.8 Å². The van der Waals surface area contributed by atoms with E-state index in [1.807, 2.05) is 0 Å². The van der Waals surface area contributed by atoms with Gasteiger partial charge in [-0.15, -0.1) is 0 Å². The number of rotatable bonds is 2. The molecule has 0 aliphatic carbocycles. The molecule has 0 spiro atoms. The second-order valence-electron chi connectivity index (χ2n) is 2.67. The van der Waals surface area contributed by atoms with E-state index in [9.17, 15) is 0 Å². The second-order valence-corrected chi connectivity index (χ2v) is 3.72. The van der Waals surface area contributed by atoms with Crippen LogP contribution in [0.4, 0.5) is 0 Å². The SMILES string of the molecule is [CH2]C(C)C(Br)C(C)C. The van der Waals surface area contributed by atoms with Crippen molar-refractivity contribution < 1.29 is 0 Å². The zero-order valence-electron chi connectivity index (χ0n) is 5.82. The molecular formula is C7H14Br. The molecule has 0 nitrogen and oxygen atoms in total. The minimum Gasteiger partial charge on any atom is -0.0885 e. The van der Waals surface area contributed by atoms with Crippen molar-refractivity contribution >= 4 is 15.9 Å². The summed E-state index contributed by atoms with van der Waals surface area (Å²) in [6.45, 7) is 10.4. The van der Waals surface area contributed by atoms with E-state index in [0.29, 0.717) is 16.7 Å². The van der Waals surface area contributed by atoms with Crippen LogP contribution in [0.2, 0.25) is 0 Å². The van der Waals surface area contributed by atoms with Crippen LogP contribution < -0.4 is 0 Å². The van der Waals surface area contributed by atoms with Gasteiger partial charge in [-0.1, -0.05) is 36.7 Å². The van der Waals surface area contributed by atoms with Crippen molar-refractivity contribution in [3.63, 3.8) is 0 Å². The van der Waals surface area contributed by atoms with Gasteiger partial charge in [0, 0.05) is 4.83 Å². The molecule has 0 amide bonds. The van der Waals surface area contributed by atoms with Crippen molar-refractivity contribution in [2.75, 3.05) is 0 Å². The van der Waals surface area contributed by atoms with Crippen LogP contribution in [-0.2, 0) is 0 Å². The molecule has 1 radical (unpaired) electrons. The third-order valence-corrected chi connectivity index (χ3v) is 3.14. The first-order valence-electron chi connectivity index (χ1n) is 3.03. The third kappa shape index (κ3) is 2.71. The Balaban J connectivity index is 3.46. The molecule has 1 heteroatoms. The lowest BCUT2D eigenvalue weighted by Crippen LogP contribution is -2.14. The highest BCUT2D eigenvalue weighted by molar-refractivity contribution is 9.09. The Kier molecular flexibility index (Phi) is 3.70. The molecule has 0 saturated heterocycles. The minimum absolute atomic E-state index is 0.509. The summed E-state index contributed by atoms with van der Waals surface area (Å²) in [5.41, 5.74) is 0. The number of alkyl halides is 1. The van der Waals surface area contributed by atoms with E-state index >= 15 is 0 Å². The topological polar surface area (TPSA) is 0 Å². The van der Waals surface area contributed by atoms with Gasteiger partial charge in [-0.3, -0.25) is 0 Å². The number of hydrogen-bond acceptors (Lipinski definition) is 0. The highest BCUT2D eigenvalue weighted by Crippen LogP contribution is 2.19. The van der Waals surface area contributed by atoms with Gasteiger partial charge >= 0.3 is 0 Å². The highest BCUT2D eigenvalue weighted by atomic mass is 79.9. The van der Waals surface area contributed by atoms with E-state index in [-0.39, 0.29) is 0 Å². The zero-order valence-corrected chi connectivity index (χ0v) is 7.40. The third-order valence-electron chi connectivity index (χ3n) is 1.18. The average Bonchev–Trinajstić information content (AvgIpc) is 1.64. The second kappa shape index (κ2) is 3.49. The van der Waals surface area contributed by atoms with E-state index in [0.717, 1.165) is 0 Å². The van der Waals surface area contributed by atoms with E-state index in [4.69, 9.17) is 0 Å².